The molecule has 1 fully saturated rings. The number of carbonyl (C=O) groups is 2. The molecule has 4 nitrogen and oxygen atoms in total. The van der Waals surface area contributed by atoms with Crippen LogP contribution < -0.4 is 0 Å². The molecule has 17 heavy (non-hydrogen) atoms. The molecule has 0 atom stereocenters. The van der Waals surface area contributed by atoms with Gasteiger partial charge in [0.25, 0.3) is 0 Å². The van der Waals surface area contributed by atoms with Crippen LogP contribution in [-0.2, 0) is 19.1 Å². The Morgan fingerprint density at radius 1 is 0.588 bits per heavy atom. The maximum Gasteiger partial charge on any atom is 0.306 e. The number of ether oxygens (including phenoxy) is 2. The lowest BCUT2D eigenvalue weighted by molar-refractivity contribution is -0.150. The van der Waals surface area contributed by atoms with E-state index in [2.05, 4.69) is 0 Å². The molecule has 0 aromatic rings. The number of hydrogen-bond acceptors (Lipinski definition) is 4. The predicted octanol–water partition coefficient (Wildman–Crippen LogP) is 2.60. The topological polar surface area (TPSA) is 52.6 Å². The molecule has 0 spiro atoms. The molecule has 98 valence electrons. The summed E-state index contributed by atoms with van der Waals surface area (Å²) in [5, 5.41) is 0. The van der Waals surface area contributed by atoms with Gasteiger partial charge in [0, 0.05) is 0 Å². The van der Waals surface area contributed by atoms with Gasteiger partial charge < -0.3 is 9.47 Å². The summed E-state index contributed by atoms with van der Waals surface area (Å²) in [5.41, 5.74) is 0. The molecule has 1 aliphatic rings. The summed E-state index contributed by atoms with van der Waals surface area (Å²) in [5.74, 6) is -0.589. The van der Waals surface area contributed by atoms with Gasteiger partial charge in [-0.25, -0.2) is 0 Å². The minimum absolute atomic E-state index is 0.138. The molecule has 0 aliphatic carbocycles. The van der Waals surface area contributed by atoms with Gasteiger partial charge in [0.2, 0.25) is 0 Å². The SMILES string of the molecule is O=C1CCC(=O)OCCCCCCCCCO1. The molecule has 1 heterocycles. The summed E-state index contributed by atoms with van der Waals surface area (Å²) in [7, 11) is 0. The maximum atomic E-state index is 11.2. The second-order valence-corrected chi connectivity index (χ2v) is 4.42. The fourth-order valence-corrected chi connectivity index (χ4v) is 1.81. The number of hydrogen-bond donors (Lipinski definition) is 0. The van der Waals surface area contributed by atoms with Crippen molar-refractivity contribution >= 4 is 11.9 Å². The van der Waals surface area contributed by atoms with Crippen LogP contribution in [0.25, 0.3) is 0 Å². The van der Waals surface area contributed by atoms with Gasteiger partial charge >= 0.3 is 11.9 Å². The van der Waals surface area contributed by atoms with Crippen molar-refractivity contribution in [1.82, 2.24) is 0 Å². The molecule has 0 aromatic heterocycles. The van der Waals surface area contributed by atoms with Gasteiger partial charge in [-0.3, -0.25) is 9.59 Å². The highest BCUT2D eigenvalue weighted by Crippen LogP contribution is 2.08. The third-order valence-electron chi connectivity index (χ3n) is 2.85. The minimum Gasteiger partial charge on any atom is -0.466 e. The summed E-state index contributed by atoms with van der Waals surface area (Å²) >= 11 is 0. The largest absolute Gasteiger partial charge is 0.466 e. The van der Waals surface area contributed by atoms with Crippen LogP contribution in [0.15, 0.2) is 0 Å². The van der Waals surface area contributed by atoms with Crippen molar-refractivity contribution in [3.05, 3.63) is 0 Å². The summed E-state index contributed by atoms with van der Waals surface area (Å²) in [4.78, 5) is 22.5. The molecular weight excluding hydrogens is 220 g/mol. The number of rotatable bonds is 0. The summed E-state index contributed by atoms with van der Waals surface area (Å²) in [6.45, 7) is 0.960. The van der Waals surface area contributed by atoms with Crippen molar-refractivity contribution in [1.29, 1.82) is 0 Å². The Kier molecular flexibility index (Phi) is 7.43. The second-order valence-electron chi connectivity index (χ2n) is 4.42. The number of esters is 2. The lowest BCUT2D eigenvalue weighted by Gasteiger charge is -2.04. The third kappa shape index (κ3) is 7.77. The van der Waals surface area contributed by atoms with Gasteiger partial charge in [-0.2, -0.15) is 0 Å². The summed E-state index contributed by atoms with van der Waals surface area (Å²) in [6.07, 6.45) is 7.95. The first kappa shape index (κ1) is 14.0. The van der Waals surface area contributed by atoms with Gasteiger partial charge in [-0.05, 0) is 12.8 Å². The van der Waals surface area contributed by atoms with Gasteiger partial charge in [-0.1, -0.05) is 32.1 Å². The molecule has 0 saturated carbocycles. The zero-order chi connectivity index (χ0) is 12.3. The van der Waals surface area contributed by atoms with Crippen molar-refractivity contribution in [3.8, 4) is 0 Å². The van der Waals surface area contributed by atoms with Crippen molar-refractivity contribution in [2.24, 2.45) is 0 Å². The van der Waals surface area contributed by atoms with E-state index in [1.807, 2.05) is 0 Å². The fraction of sp³-hybridized carbons (Fsp3) is 0.846. The van der Waals surface area contributed by atoms with E-state index in [9.17, 15) is 9.59 Å². The fourth-order valence-electron chi connectivity index (χ4n) is 1.81. The monoisotopic (exact) mass is 242 g/mol. The highest BCUT2D eigenvalue weighted by Gasteiger charge is 2.09. The molecule has 0 radical (unpaired) electrons. The lowest BCUT2D eigenvalue weighted by Crippen LogP contribution is -2.11. The highest BCUT2D eigenvalue weighted by atomic mass is 16.5. The van der Waals surface area contributed by atoms with Gasteiger partial charge in [0.05, 0.1) is 26.1 Å². The number of cyclic esters (lactones) is 2. The summed E-state index contributed by atoms with van der Waals surface area (Å²) in [6, 6.07) is 0. The van der Waals surface area contributed by atoms with Crippen LogP contribution in [0.5, 0.6) is 0 Å². The Morgan fingerprint density at radius 3 is 1.35 bits per heavy atom. The molecule has 0 unspecified atom stereocenters. The first-order valence-corrected chi connectivity index (χ1v) is 6.60. The first-order chi connectivity index (χ1) is 8.29. The molecule has 0 bridgehead atoms. The molecule has 4 heteroatoms. The van der Waals surface area contributed by atoms with E-state index in [0.29, 0.717) is 13.2 Å². The van der Waals surface area contributed by atoms with Crippen LogP contribution in [0, 0.1) is 0 Å². The van der Waals surface area contributed by atoms with Gasteiger partial charge in [0.1, 0.15) is 0 Å². The Balaban J connectivity index is 2.25. The Bertz CT molecular complexity index is 214. The molecule has 1 aliphatic heterocycles. The van der Waals surface area contributed by atoms with Crippen molar-refractivity contribution in [2.75, 3.05) is 13.2 Å². The highest BCUT2D eigenvalue weighted by molar-refractivity contribution is 5.77. The first-order valence-electron chi connectivity index (χ1n) is 6.60. The zero-order valence-corrected chi connectivity index (χ0v) is 10.4. The van der Waals surface area contributed by atoms with E-state index in [1.165, 1.54) is 19.3 Å². The van der Waals surface area contributed by atoms with E-state index in [1.54, 1.807) is 0 Å². The smallest absolute Gasteiger partial charge is 0.306 e. The molecule has 0 N–H and O–H groups in total. The quantitative estimate of drug-likeness (QED) is 0.613. The lowest BCUT2D eigenvalue weighted by atomic mass is 10.1. The third-order valence-corrected chi connectivity index (χ3v) is 2.85. The van der Waals surface area contributed by atoms with Crippen LogP contribution in [-0.4, -0.2) is 25.2 Å². The average molecular weight is 242 g/mol. The predicted molar refractivity (Wildman–Crippen MR) is 63.5 cm³/mol. The Labute approximate surface area is 103 Å². The van der Waals surface area contributed by atoms with E-state index in [4.69, 9.17) is 9.47 Å². The minimum atomic E-state index is -0.295. The van der Waals surface area contributed by atoms with Gasteiger partial charge in [-0.15, -0.1) is 0 Å². The van der Waals surface area contributed by atoms with E-state index in [0.717, 1.165) is 25.7 Å². The summed E-state index contributed by atoms with van der Waals surface area (Å²) < 4.78 is 10.0. The average Bonchev–Trinajstić information content (AvgIpc) is 2.33. The normalized spacial score (nSPS) is 21.9. The maximum absolute atomic E-state index is 11.2. The van der Waals surface area contributed by atoms with Crippen molar-refractivity contribution in [2.45, 2.75) is 57.8 Å². The van der Waals surface area contributed by atoms with Crippen LogP contribution in [0.4, 0.5) is 0 Å². The Hall–Kier alpha value is -1.06. The second kappa shape index (κ2) is 9.02. The molecule has 0 amide bonds. The van der Waals surface area contributed by atoms with Crippen LogP contribution >= 0.6 is 0 Å². The molecule has 1 saturated heterocycles. The van der Waals surface area contributed by atoms with Crippen LogP contribution in [0.3, 0.4) is 0 Å². The van der Waals surface area contributed by atoms with Crippen LogP contribution in [0.2, 0.25) is 0 Å². The molecular formula is C13H22O4. The number of carbonyl (C=O) groups excluding carboxylic acids is 2. The molecule has 0 aromatic carbocycles. The standard InChI is InChI=1S/C13H22O4/c14-12-8-9-13(15)17-11-7-5-3-1-2-4-6-10-16-12/h1-11H2. The van der Waals surface area contributed by atoms with Crippen LogP contribution in [0.1, 0.15) is 57.8 Å². The molecule has 1 rings (SSSR count). The van der Waals surface area contributed by atoms with E-state index in [-0.39, 0.29) is 24.8 Å². The van der Waals surface area contributed by atoms with Crippen molar-refractivity contribution in [3.63, 3.8) is 0 Å². The Morgan fingerprint density at radius 2 is 0.941 bits per heavy atom. The van der Waals surface area contributed by atoms with E-state index < -0.39 is 0 Å². The van der Waals surface area contributed by atoms with Gasteiger partial charge in [0.15, 0.2) is 0 Å². The van der Waals surface area contributed by atoms with Crippen molar-refractivity contribution < 1.29 is 19.1 Å². The van der Waals surface area contributed by atoms with E-state index >= 15 is 0 Å². The zero-order valence-electron chi connectivity index (χ0n) is 10.4.